The van der Waals surface area contributed by atoms with E-state index in [1.165, 1.54) is 29.8 Å². The van der Waals surface area contributed by atoms with Crippen LogP contribution in [0.3, 0.4) is 0 Å². The summed E-state index contributed by atoms with van der Waals surface area (Å²) in [6.07, 6.45) is 6.10. The number of nitrogens with zero attached hydrogens (tertiary/aromatic N) is 2. The van der Waals surface area contributed by atoms with Crippen LogP contribution < -0.4 is 10.9 Å². The summed E-state index contributed by atoms with van der Waals surface area (Å²) in [5.74, 6) is 0.503. The van der Waals surface area contributed by atoms with E-state index >= 15 is 0 Å². The van der Waals surface area contributed by atoms with E-state index < -0.39 is 0 Å². The van der Waals surface area contributed by atoms with Gasteiger partial charge >= 0.3 is 0 Å². The molecule has 0 radical (unpaired) electrons. The molecule has 88 valence electrons. The highest BCUT2D eigenvalue weighted by Crippen LogP contribution is 2.40. The molecule has 1 aromatic heterocycles. The second kappa shape index (κ2) is 3.37. The quantitative estimate of drug-likeness (QED) is 0.704. The summed E-state index contributed by atoms with van der Waals surface area (Å²) in [6.45, 7) is 1.81. The van der Waals surface area contributed by atoms with Crippen LogP contribution >= 0.6 is 0 Å². The number of anilines is 1. The third kappa shape index (κ3) is 1.26. The second-order valence-electron chi connectivity index (χ2n) is 4.70. The van der Waals surface area contributed by atoms with Crippen LogP contribution in [0, 0.1) is 5.92 Å². The fourth-order valence-corrected chi connectivity index (χ4v) is 2.84. The first-order valence-corrected chi connectivity index (χ1v) is 6.04. The smallest absolute Gasteiger partial charge is 0.0897 e. The first-order chi connectivity index (χ1) is 8.43. The number of rotatable bonds is 0. The van der Waals surface area contributed by atoms with E-state index in [1.54, 1.807) is 0 Å². The molecular formula is C12H14N4O. The minimum Gasteiger partial charge on any atom is -0.298 e. The Labute approximate surface area is 99.4 Å². The van der Waals surface area contributed by atoms with Gasteiger partial charge in [0.2, 0.25) is 0 Å². The van der Waals surface area contributed by atoms with Gasteiger partial charge in [-0.2, -0.15) is 0 Å². The van der Waals surface area contributed by atoms with Gasteiger partial charge < -0.3 is 0 Å². The highest BCUT2D eigenvalue weighted by molar-refractivity contribution is 5.82. The van der Waals surface area contributed by atoms with Gasteiger partial charge in [-0.05, 0) is 18.9 Å². The van der Waals surface area contributed by atoms with Crippen molar-refractivity contribution in [1.29, 1.82) is 0 Å². The molecule has 1 atom stereocenters. The number of hydrogen-bond acceptors (Lipinski definition) is 5. The highest BCUT2D eigenvalue weighted by atomic mass is 16.7. The zero-order valence-corrected chi connectivity index (χ0v) is 9.44. The lowest BCUT2D eigenvalue weighted by atomic mass is 10.00. The Kier molecular flexibility index (Phi) is 1.84. The van der Waals surface area contributed by atoms with Gasteiger partial charge in [-0.15, -0.1) is 0 Å². The van der Waals surface area contributed by atoms with Crippen molar-refractivity contribution in [3.05, 3.63) is 29.7 Å². The Morgan fingerprint density at radius 2 is 2.47 bits per heavy atom. The summed E-state index contributed by atoms with van der Waals surface area (Å²) < 4.78 is 0. The van der Waals surface area contributed by atoms with Crippen molar-refractivity contribution in [2.24, 2.45) is 5.92 Å². The van der Waals surface area contributed by atoms with E-state index in [-0.39, 0.29) is 0 Å². The molecule has 0 aliphatic carbocycles. The minimum atomic E-state index is 0.503. The van der Waals surface area contributed by atoms with Gasteiger partial charge in [0.05, 0.1) is 23.7 Å². The molecule has 0 saturated carbocycles. The second-order valence-corrected chi connectivity index (χ2v) is 4.70. The first-order valence-electron chi connectivity index (χ1n) is 6.04. The molecule has 17 heavy (non-hydrogen) atoms. The predicted octanol–water partition coefficient (Wildman–Crippen LogP) is 1.34. The number of hydrazine groups is 1. The lowest BCUT2D eigenvalue weighted by molar-refractivity contribution is 0.101. The summed E-state index contributed by atoms with van der Waals surface area (Å²) in [6, 6.07) is 2.02. The SMILES string of the molecule is c1cc2c(cn1)C1=C3NOCC3CCCN1N2. The molecule has 0 spiro atoms. The molecule has 2 N–H and O–H groups in total. The zero-order chi connectivity index (χ0) is 11.2. The van der Waals surface area contributed by atoms with Gasteiger partial charge in [0.15, 0.2) is 0 Å². The molecule has 1 saturated heterocycles. The maximum Gasteiger partial charge on any atom is 0.0897 e. The third-order valence-corrected chi connectivity index (χ3v) is 3.67. The lowest BCUT2D eigenvalue weighted by Gasteiger charge is -2.19. The molecule has 3 aliphatic heterocycles. The summed E-state index contributed by atoms with van der Waals surface area (Å²) in [4.78, 5) is 9.61. The zero-order valence-electron chi connectivity index (χ0n) is 9.44. The van der Waals surface area contributed by atoms with Gasteiger partial charge in [0.25, 0.3) is 0 Å². The Morgan fingerprint density at radius 3 is 3.47 bits per heavy atom. The third-order valence-electron chi connectivity index (χ3n) is 3.67. The van der Waals surface area contributed by atoms with Gasteiger partial charge in [0.1, 0.15) is 0 Å². The number of fused-ring (bicyclic) bond motifs is 4. The van der Waals surface area contributed by atoms with Crippen LogP contribution in [-0.4, -0.2) is 23.1 Å². The number of aromatic nitrogens is 1. The van der Waals surface area contributed by atoms with E-state index in [0.29, 0.717) is 5.92 Å². The van der Waals surface area contributed by atoms with Crippen molar-refractivity contribution in [2.75, 3.05) is 18.6 Å². The molecular weight excluding hydrogens is 216 g/mol. The standard InChI is InChI=1S/C12H14N4O/c1-2-8-7-17-15-11(8)12-9-6-13-4-3-10(9)14-16(12)5-1/h3-4,6,8,14-15H,1-2,5,7H2. The van der Waals surface area contributed by atoms with Crippen molar-refractivity contribution in [3.8, 4) is 0 Å². The molecule has 5 nitrogen and oxygen atoms in total. The van der Waals surface area contributed by atoms with Gasteiger partial charge in [-0.25, -0.2) is 0 Å². The summed E-state index contributed by atoms with van der Waals surface area (Å²) in [5, 5.41) is 2.21. The molecule has 4 heterocycles. The van der Waals surface area contributed by atoms with E-state index in [4.69, 9.17) is 4.84 Å². The normalized spacial score (nSPS) is 25.6. The van der Waals surface area contributed by atoms with Crippen LogP contribution in [0.5, 0.6) is 0 Å². The Bertz CT molecular complexity index is 499. The number of hydroxylamine groups is 1. The number of hydrogen-bond donors (Lipinski definition) is 2. The van der Waals surface area contributed by atoms with Crippen LogP contribution in [0.25, 0.3) is 5.70 Å². The first kappa shape index (κ1) is 9.30. The maximum absolute atomic E-state index is 5.39. The predicted molar refractivity (Wildman–Crippen MR) is 63.3 cm³/mol. The number of nitrogens with one attached hydrogen (secondary N) is 2. The lowest BCUT2D eigenvalue weighted by Crippen LogP contribution is -2.24. The van der Waals surface area contributed by atoms with Crippen LogP contribution in [0.2, 0.25) is 0 Å². The Morgan fingerprint density at radius 1 is 1.47 bits per heavy atom. The van der Waals surface area contributed by atoms with Crippen molar-refractivity contribution in [3.63, 3.8) is 0 Å². The molecule has 1 aromatic rings. The topological polar surface area (TPSA) is 49.4 Å². The van der Waals surface area contributed by atoms with Crippen molar-refractivity contribution >= 4 is 11.4 Å². The van der Waals surface area contributed by atoms with Crippen LogP contribution in [0.4, 0.5) is 5.69 Å². The molecule has 0 aromatic carbocycles. The Hall–Kier alpha value is -1.75. The van der Waals surface area contributed by atoms with E-state index in [1.807, 2.05) is 18.5 Å². The molecule has 4 rings (SSSR count). The number of pyridine rings is 1. The molecule has 1 unspecified atom stereocenters. The summed E-state index contributed by atoms with van der Waals surface area (Å²) in [5.41, 5.74) is 11.2. The fraction of sp³-hybridized carbons (Fsp3) is 0.417. The van der Waals surface area contributed by atoms with E-state index in [0.717, 1.165) is 18.8 Å². The summed E-state index contributed by atoms with van der Waals surface area (Å²) in [7, 11) is 0. The molecule has 1 fully saturated rings. The molecule has 3 aliphatic rings. The van der Waals surface area contributed by atoms with E-state index in [2.05, 4.69) is 20.9 Å². The van der Waals surface area contributed by atoms with Gasteiger partial charge in [-0.3, -0.25) is 25.7 Å². The molecule has 0 bridgehead atoms. The highest BCUT2D eigenvalue weighted by Gasteiger charge is 2.35. The average molecular weight is 230 g/mol. The largest absolute Gasteiger partial charge is 0.298 e. The van der Waals surface area contributed by atoms with Crippen molar-refractivity contribution in [1.82, 2.24) is 15.5 Å². The van der Waals surface area contributed by atoms with Crippen LogP contribution in [0.1, 0.15) is 18.4 Å². The maximum atomic E-state index is 5.39. The van der Waals surface area contributed by atoms with Crippen molar-refractivity contribution in [2.45, 2.75) is 12.8 Å². The minimum absolute atomic E-state index is 0.503. The molecule has 5 heteroatoms. The molecule has 0 amide bonds. The average Bonchev–Trinajstić information content (AvgIpc) is 2.90. The van der Waals surface area contributed by atoms with Crippen LogP contribution in [-0.2, 0) is 4.84 Å². The van der Waals surface area contributed by atoms with Crippen LogP contribution in [0.15, 0.2) is 24.2 Å². The Balaban J connectivity index is 1.91. The monoisotopic (exact) mass is 230 g/mol. The van der Waals surface area contributed by atoms with Crippen molar-refractivity contribution < 1.29 is 4.84 Å². The van der Waals surface area contributed by atoms with Gasteiger partial charge in [-0.1, -0.05) is 0 Å². The fourth-order valence-electron chi connectivity index (χ4n) is 2.84. The van der Waals surface area contributed by atoms with E-state index in [9.17, 15) is 0 Å². The summed E-state index contributed by atoms with van der Waals surface area (Å²) >= 11 is 0. The van der Waals surface area contributed by atoms with Gasteiger partial charge in [0, 0.05) is 30.4 Å².